The molecule has 0 unspecified atom stereocenters. The zero-order valence-corrected chi connectivity index (χ0v) is 10.2. The number of aromatic amines is 1. The molecule has 0 aliphatic carbocycles. The Morgan fingerprint density at radius 2 is 2.38 bits per heavy atom. The molecule has 0 aliphatic heterocycles. The summed E-state index contributed by atoms with van der Waals surface area (Å²) in [6.45, 7) is 0.897. The molecule has 0 bridgehead atoms. The van der Waals surface area contributed by atoms with Crippen molar-refractivity contribution in [1.29, 1.82) is 0 Å². The number of imidazole rings is 1. The van der Waals surface area contributed by atoms with E-state index >= 15 is 0 Å². The molecule has 86 valence electrons. The van der Waals surface area contributed by atoms with E-state index < -0.39 is 0 Å². The minimum atomic E-state index is 0.686. The Balaban J connectivity index is 2.34. The SMILES string of the molecule is CNCCc1nc(-c2cc[nH]c2)c(Cl)n1C. The molecule has 0 fully saturated rings. The Morgan fingerprint density at radius 1 is 1.56 bits per heavy atom. The Bertz CT molecular complexity index is 459. The topological polar surface area (TPSA) is 45.6 Å². The Labute approximate surface area is 99.6 Å². The second kappa shape index (κ2) is 4.72. The molecule has 0 spiro atoms. The Morgan fingerprint density at radius 3 is 3.00 bits per heavy atom. The third-order valence-electron chi connectivity index (χ3n) is 2.59. The summed E-state index contributed by atoms with van der Waals surface area (Å²) in [5.41, 5.74) is 1.87. The van der Waals surface area contributed by atoms with E-state index in [0.717, 1.165) is 30.0 Å². The molecular formula is C11H15ClN4. The van der Waals surface area contributed by atoms with Gasteiger partial charge in [0.2, 0.25) is 0 Å². The van der Waals surface area contributed by atoms with Gasteiger partial charge in [-0.1, -0.05) is 11.6 Å². The van der Waals surface area contributed by atoms with Crippen LogP contribution in [0.5, 0.6) is 0 Å². The van der Waals surface area contributed by atoms with Gasteiger partial charge in [0.15, 0.2) is 0 Å². The van der Waals surface area contributed by atoms with Gasteiger partial charge < -0.3 is 14.9 Å². The monoisotopic (exact) mass is 238 g/mol. The van der Waals surface area contributed by atoms with Crippen molar-refractivity contribution in [1.82, 2.24) is 19.9 Å². The van der Waals surface area contributed by atoms with Crippen molar-refractivity contribution in [3.05, 3.63) is 29.4 Å². The van der Waals surface area contributed by atoms with E-state index in [-0.39, 0.29) is 0 Å². The molecule has 16 heavy (non-hydrogen) atoms. The number of likely N-dealkylation sites (N-methyl/N-ethyl adjacent to an activating group) is 1. The number of rotatable bonds is 4. The summed E-state index contributed by atoms with van der Waals surface area (Å²) in [6.07, 6.45) is 4.64. The second-order valence-corrected chi connectivity index (χ2v) is 4.04. The highest BCUT2D eigenvalue weighted by Gasteiger charge is 2.14. The number of halogens is 1. The van der Waals surface area contributed by atoms with Crippen LogP contribution < -0.4 is 5.32 Å². The summed E-state index contributed by atoms with van der Waals surface area (Å²) >= 11 is 6.25. The minimum Gasteiger partial charge on any atom is -0.367 e. The third-order valence-corrected chi connectivity index (χ3v) is 3.02. The van der Waals surface area contributed by atoms with Crippen LogP contribution >= 0.6 is 11.6 Å². The Hall–Kier alpha value is -1.26. The molecule has 0 saturated heterocycles. The lowest BCUT2D eigenvalue weighted by Crippen LogP contribution is -2.13. The highest BCUT2D eigenvalue weighted by Crippen LogP contribution is 2.27. The third kappa shape index (κ3) is 1.99. The number of aromatic nitrogens is 3. The van der Waals surface area contributed by atoms with Gasteiger partial charge in [-0.25, -0.2) is 4.98 Å². The molecule has 2 N–H and O–H groups in total. The van der Waals surface area contributed by atoms with Crippen molar-refractivity contribution in [2.24, 2.45) is 7.05 Å². The number of hydrogen-bond donors (Lipinski definition) is 2. The van der Waals surface area contributed by atoms with Crippen LogP contribution in [0, 0.1) is 0 Å². The van der Waals surface area contributed by atoms with E-state index in [1.807, 2.05) is 37.1 Å². The fourth-order valence-corrected chi connectivity index (χ4v) is 1.89. The second-order valence-electron chi connectivity index (χ2n) is 3.68. The lowest BCUT2D eigenvalue weighted by molar-refractivity contribution is 0.718. The fourth-order valence-electron chi connectivity index (χ4n) is 1.64. The maximum atomic E-state index is 6.25. The normalized spacial score (nSPS) is 10.9. The number of hydrogen-bond acceptors (Lipinski definition) is 2. The van der Waals surface area contributed by atoms with Crippen molar-refractivity contribution in [3.63, 3.8) is 0 Å². The number of nitrogens with one attached hydrogen (secondary N) is 2. The van der Waals surface area contributed by atoms with E-state index in [2.05, 4.69) is 15.3 Å². The molecule has 0 saturated carbocycles. The van der Waals surface area contributed by atoms with E-state index in [1.54, 1.807) is 0 Å². The molecule has 2 heterocycles. The summed E-state index contributed by atoms with van der Waals surface area (Å²) in [5, 5.41) is 3.79. The maximum Gasteiger partial charge on any atom is 0.136 e. The first-order valence-electron chi connectivity index (χ1n) is 5.23. The van der Waals surface area contributed by atoms with Gasteiger partial charge in [0.1, 0.15) is 16.7 Å². The lowest BCUT2D eigenvalue weighted by Gasteiger charge is -2.00. The predicted molar refractivity (Wildman–Crippen MR) is 65.6 cm³/mol. The minimum absolute atomic E-state index is 0.686. The van der Waals surface area contributed by atoms with Crippen molar-refractivity contribution < 1.29 is 0 Å². The van der Waals surface area contributed by atoms with Crippen LogP contribution in [0.3, 0.4) is 0 Å². The zero-order valence-electron chi connectivity index (χ0n) is 9.42. The molecule has 0 aliphatic rings. The van der Waals surface area contributed by atoms with Gasteiger partial charge in [0.05, 0.1) is 0 Å². The van der Waals surface area contributed by atoms with Crippen molar-refractivity contribution in [2.75, 3.05) is 13.6 Å². The molecule has 0 aromatic carbocycles. The molecular weight excluding hydrogens is 224 g/mol. The van der Waals surface area contributed by atoms with Crippen LogP contribution in [-0.4, -0.2) is 28.1 Å². The first-order valence-corrected chi connectivity index (χ1v) is 5.60. The smallest absolute Gasteiger partial charge is 0.136 e. The molecule has 2 aromatic rings. The van der Waals surface area contributed by atoms with Crippen molar-refractivity contribution in [3.8, 4) is 11.3 Å². The quantitative estimate of drug-likeness (QED) is 0.854. The van der Waals surface area contributed by atoms with Crippen LogP contribution in [0.25, 0.3) is 11.3 Å². The summed E-state index contributed by atoms with van der Waals surface area (Å²) in [5.74, 6) is 0.996. The summed E-state index contributed by atoms with van der Waals surface area (Å²) < 4.78 is 1.93. The van der Waals surface area contributed by atoms with Crippen LogP contribution in [-0.2, 0) is 13.5 Å². The number of H-pyrrole nitrogens is 1. The standard InChI is InChI=1S/C11H15ClN4/c1-13-5-4-9-15-10(11(12)16(9)2)8-3-6-14-7-8/h3,6-7,13-14H,4-5H2,1-2H3. The Kier molecular flexibility index (Phi) is 3.31. The first kappa shape index (κ1) is 11.2. The molecule has 2 rings (SSSR count). The van der Waals surface area contributed by atoms with E-state index in [4.69, 9.17) is 11.6 Å². The van der Waals surface area contributed by atoms with Gasteiger partial charge in [-0.3, -0.25) is 0 Å². The average Bonchev–Trinajstić information content (AvgIpc) is 2.88. The van der Waals surface area contributed by atoms with Gasteiger partial charge in [0, 0.05) is 38.0 Å². The van der Waals surface area contributed by atoms with Gasteiger partial charge in [-0.2, -0.15) is 0 Å². The highest BCUT2D eigenvalue weighted by atomic mass is 35.5. The van der Waals surface area contributed by atoms with Crippen LogP contribution in [0.4, 0.5) is 0 Å². The summed E-state index contributed by atoms with van der Waals surface area (Å²) in [6, 6.07) is 1.97. The maximum absolute atomic E-state index is 6.25. The van der Waals surface area contributed by atoms with Crippen LogP contribution in [0.1, 0.15) is 5.82 Å². The van der Waals surface area contributed by atoms with E-state index in [9.17, 15) is 0 Å². The van der Waals surface area contributed by atoms with Gasteiger partial charge in [0.25, 0.3) is 0 Å². The predicted octanol–water partition coefficient (Wildman–Crippen LogP) is 1.83. The summed E-state index contributed by atoms with van der Waals surface area (Å²) in [4.78, 5) is 7.57. The van der Waals surface area contributed by atoms with E-state index in [0.29, 0.717) is 5.15 Å². The number of nitrogens with zero attached hydrogens (tertiary/aromatic N) is 2. The molecule has 2 aromatic heterocycles. The first-order chi connectivity index (χ1) is 7.74. The molecule has 5 heteroatoms. The van der Waals surface area contributed by atoms with E-state index in [1.165, 1.54) is 0 Å². The van der Waals surface area contributed by atoms with Gasteiger partial charge >= 0.3 is 0 Å². The lowest BCUT2D eigenvalue weighted by atomic mass is 10.3. The van der Waals surface area contributed by atoms with Gasteiger partial charge in [-0.05, 0) is 13.1 Å². The highest BCUT2D eigenvalue weighted by molar-refractivity contribution is 6.32. The van der Waals surface area contributed by atoms with Crippen LogP contribution in [0.15, 0.2) is 18.5 Å². The van der Waals surface area contributed by atoms with Crippen molar-refractivity contribution in [2.45, 2.75) is 6.42 Å². The fraction of sp³-hybridized carbons (Fsp3) is 0.364. The molecule has 0 amide bonds. The van der Waals surface area contributed by atoms with Crippen LogP contribution in [0.2, 0.25) is 5.15 Å². The van der Waals surface area contributed by atoms with Gasteiger partial charge in [-0.15, -0.1) is 0 Å². The molecule has 4 nitrogen and oxygen atoms in total. The van der Waals surface area contributed by atoms with Crippen molar-refractivity contribution >= 4 is 11.6 Å². The zero-order chi connectivity index (χ0) is 11.5. The average molecular weight is 239 g/mol. The molecule has 0 atom stereocenters. The largest absolute Gasteiger partial charge is 0.367 e. The summed E-state index contributed by atoms with van der Waals surface area (Å²) in [7, 11) is 3.87. The molecule has 0 radical (unpaired) electrons.